The summed E-state index contributed by atoms with van der Waals surface area (Å²) in [6, 6.07) is 7.90. The number of nitrogens with one attached hydrogen (secondary N) is 1. The van der Waals surface area contributed by atoms with Crippen LogP contribution < -0.4 is 5.32 Å². The van der Waals surface area contributed by atoms with Crippen molar-refractivity contribution < 1.29 is 9.59 Å². The Kier molecular flexibility index (Phi) is 4.57. The summed E-state index contributed by atoms with van der Waals surface area (Å²) >= 11 is 0. The second kappa shape index (κ2) is 6.65. The van der Waals surface area contributed by atoms with Crippen molar-refractivity contribution in [1.29, 1.82) is 0 Å². The Morgan fingerprint density at radius 1 is 1.12 bits per heavy atom. The second-order valence-corrected chi connectivity index (χ2v) is 6.50. The van der Waals surface area contributed by atoms with Gasteiger partial charge in [0, 0.05) is 57.4 Å². The van der Waals surface area contributed by atoms with Gasteiger partial charge in [0.05, 0.1) is 11.5 Å². The van der Waals surface area contributed by atoms with Gasteiger partial charge in [-0.2, -0.15) is 0 Å². The molecule has 0 radical (unpaired) electrons. The largest absolute Gasteiger partial charge is 0.359 e. The van der Waals surface area contributed by atoms with Crippen LogP contribution in [0.25, 0.3) is 10.9 Å². The molecule has 2 heterocycles. The first-order valence-corrected chi connectivity index (χ1v) is 8.24. The summed E-state index contributed by atoms with van der Waals surface area (Å²) in [4.78, 5) is 29.1. The molecule has 128 valence electrons. The van der Waals surface area contributed by atoms with E-state index < -0.39 is 0 Å². The minimum atomic E-state index is -0.207. The van der Waals surface area contributed by atoms with Crippen molar-refractivity contribution >= 4 is 22.7 Å². The smallest absolute Gasteiger partial charge is 0.256 e. The van der Waals surface area contributed by atoms with Crippen molar-refractivity contribution in [3.05, 3.63) is 36.0 Å². The molecule has 1 aromatic heterocycles. The summed E-state index contributed by atoms with van der Waals surface area (Å²) in [6.45, 7) is 2.51. The van der Waals surface area contributed by atoms with Crippen LogP contribution in [0.15, 0.2) is 30.5 Å². The van der Waals surface area contributed by atoms with Crippen LogP contribution >= 0.6 is 0 Å². The van der Waals surface area contributed by atoms with E-state index in [1.54, 1.807) is 7.05 Å². The molecule has 1 saturated heterocycles. The molecule has 6 heteroatoms. The number of hydrogen-bond acceptors (Lipinski definition) is 3. The zero-order valence-electron chi connectivity index (χ0n) is 14.5. The van der Waals surface area contributed by atoms with Gasteiger partial charge in [0.1, 0.15) is 0 Å². The van der Waals surface area contributed by atoms with Crippen LogP contribution in [0, 0.1) is 5.92 Å². The Morgan fingerprint density at radius 2 is 1.88 bits per heavy atom. The molecule has 1 aromatic carbocycles. The average Bonchev–Trinajstić information content (AvgIpc) is 2.80. The number of aryl methyl sites for hydroxylation is 1. The fourth-order valence-electron chi connectivity index (χ4n) is 3.41. The van der Waals surface area contributed by atoms with Crippen molar-refractivity contribution in [3.8, 4) is 0 Å². The Balaban J connectivity index is 1.91. The quantitative estimate of drug-likeness (QED) is 0.892. The lowest BCUT2D eigenvalue weighted by molar-refractivity contribution is -0.125. The summed E-state index contributed by atoms with van der Waals surface area (Å²) in [7, 11) is 5.58. The first-order valence-electron chi connectivity index (χ1n) is 8.24. The van der Waals surface area contributed by atoms with Crippen molar-refractivity contribution in [2.24, 2.45) is 13.0 Å². The van der Waals surface area contributed by atoms with Gasteiger partial charge in [0.15, 0.2) is 0 Å². The number of nitrogens with zero attached hydrogens (tertiary/aromatic N) is 3. The summed E-state index contributed by atoms with van der Waals surface area (Å²) in [5, 5.41) is 3.67. The summed E-state index contributed by atoms with van der Waals surface area (Å²) in [5.74, 6) is -0.225. The maximum absolute atomic E-state index is 13.1. The number of aromatic nitrogens is 1. The van der Waals surface area contributed by atoms with Crippen LogP contribution in [-0.4, -0.2) is 66.5 Å². The van der Waals surface area contributed by atoms with E-state index in [0.717, 1.165) is 17.4 Å². The molecule has 1 N–H and O–H groups in total. The highest BCUT2D eigenvalue weighted by molar-refractivity contribution is 6.07. The maximum atomic E-state index is 13.1. The molecule has 24 heavy (non-hydrogen) atoms. The number of carbonyl (C=O) groups is 2. The fourth-order valence-corrected chi connectivity index (χ4v) is 3.41. The lowest BCUT2D eigenvalue weighted by Crippen LogP contribution is -2.41. The highest BCUT2D eigenvalue weighted by Gasteiger charge is 2.29. The van der Waals surface area contributed by atoms with Crippen LogP contribution in [0.5, 0.6) is 0 Å². The van der Waals surface area contributed by atoms with E-state index in [-0.39, 0.29) is 17.7 Å². The number of likely N-dealkylation sites (N-methyl/N-ethyl adjacent to an activating group) is 1. The third-order valence-corrected chi connectivity index (χ3v) is 4.76. The molecule has 1 aliphatic heterocycles. The first kappa shape index (κ1) is 16.5. The SMILES string of the molecule is CNC(=O)[C@@H]1CN(C)CCN(C(=O)c2cn(C)c3ccccc23)C1. The Bertz CT molecular complexity index is 767. The molecule has 6 nitrogen and oxygen atoms in total. The Labute approximate surface area is 142 Å². The van der Waals surface area contributed by atoms with Gasteiger partial charge < -0.3 is 19.7 Å². The van der Waals surface area contributed by atoms with E-state index in [1.807, 2.05) is 54.0 Å². The molecule has 0 saturated carbocycles. The van der Waals surface area contributed by atoms with E-state index in [2.05, 4.69) is 10.2 Å². The summed E-state index contributed by atoms with van der Waals surface area (Å²) in [6.07, 6.45) is 1.89. The number of hydrogen-bond donors (Lipinski definition) is 1. The van der Waals surface area contributed by atoms with E-state index >= 15 is 0 Å². The van der Waals surface area contributed by atoms with Crippen LogP contribution in [0.3, 0.4) is 0 Å². The van der Waals surface area contributed by atoms with Crippen molar-refractivity contribution in [2.75, 3.05) is 40.3 Å². The Hall–Kier alpha value is -2.34. The number of fused-ring (bicyclic) bond motifs is 1. The molecule has 1 fully saturated rings. The number of amides is 2. The summed E-state index contributed by atoms with van der Waals surface area (Å²) in [5.41, 5.74) is 1.74. The van der Waals surface area contributed by atoms with Gasteiger partial charge in [-0.1, -0.05) is 18.2 Å². The number of para-hydroxylation sites is 1. The number of benzene rings is 1. The van der Waals surface area contributed by atoms with Gasteiger partial charge in [-0.3, -0.25) is 9.59 Å². The zero-order chi connectivity index (χ0) is 17.3. The van der Waals surface area contributed by atoms with Gasteiger partial charge in [0.2, 0.25) is 5.91 Å². The van der Waals surface area contributed by atoms with E-state index in [9.17, 15) is 9.59 Å². The van der Waals surface area contributed by atoms with E-state index in [0.29, 0.717) is 25.2 Å². The lowest BCUT2D eigenvalue weighted by atomic mass is 10.1. The molecule has 0 aliphatic carbocycles. The monoisotopic (exact) mass is 328 g/mol. The molecular weight excluding hydrogens is 304 g/mol. The standard InChI is InChI=1S/C18H24N4O2/c1-19-17(23)13-10-20(2)8-9-22(11-13)18(24)15-12-21(3)16-7-5-4-6-14(15)16/h4-7,12-13H,8-11H2,1-3H3,(H,19,23)/t13-/m1/s1. The molecular formula is C18H24N4O2. The predicted octanol–water partition coefficient (Wildman–Crippen LogP) is 0.928. The molecule has 0 unspecified atom stereocenters. The maximum Gasteiger partial charge on any atom is 0.256 e. The third kappa shape index (κ3) is 3.01. The topological polar surface area (TPSA) is 57.6 Å². The van der Waals surface area contributed by atoms with Crippen molar-refractivity contribution in [3.63, 3.8) is 0 Å². The molecule has 1 atom stereocenters. The normalized spacial score (nSPS) is 19.3. The van der Waals surface area contributed by atoms with Gasteiger partial charge >= 0.3 is 0 Å². The fraction of sp³-hybridized carbons (Fsp3) is 0.444. The molecule has 2 amide bonds. The third-order valence-electron chi connectivity index (χ3n) is 4.76. The van der Waals surface area contributed by atoms with E-state index in [1.165, 1.54) is 0 Å². The first-order chi connectivity index (χ1) is 11.5. The molecule has 2 aromatic rings. The van der Waals surface area contributed by atoms with Crippen LogP contribution in [-0.2, 0) is 11.8 Å². The number of carbonyl (C=O) groups excluding carboxylic acids is 2. The molecule has 1 aliphatic rings. The van der Waals surface area contributed by atoms with Crippen LogP contribution in [0.1, 0.15) is 10.4 Å². The van der Waals surface area contributed by atoms with Crippen LogP contribution in [0.4, 0.5) is 0 Å². The zero-order valence-corrected chi connectivity index (χ0v) is 14.5. The Morgan fingerprint density at radius 3 is 2.62 bits per heavy atom. The van der Waals surface area contributed by atoms with Crippen molar-refractivity contribution in [1.82, 2.24) is 19.7 Å². The average molecular weight is 328 g/mol. The molecule has 3 rings (SSSR count). The van der Waals surface area contributed by atoms with Crippen molar-refractivity contribution in [2.45, 2.75) is 0 Å². The van der Waals surface area contributed by atoms with Crippen LogP contribution in [0.2, 0.25) is 0 Å². The van der Waals surface area contributed by atoms with Gasteiger partial charge in [0.25, 0.3) is 5.91 Å². The van der Waals surface area contributed by atoms with Gasteiger partial charge in [-0.25, -0.2) is 0 Å². The minimum Gasteiger partial charge on any atom is -0.359 e. The molecule has 0 spiro atoms. The lowest BCUT2D eigenvalue weighted by Gasteiger charge is -2.23. The minimum absolute atomic E-state index is 0.00370. The van der Waals surface area contributed by atoms with Gasteiger partial charge in [-0.05, 0) is 13.1 Å². The highest BCUT2D eigenvalue weighted by Crippen LogP contribution is 2.23. The van der Waals surface area contributed by atoms with E-state index in [4.69, 9.17) is 0 Å². The van der Waals surface area contributed by atoms with Gasteiger partial charge in [-0.15, -0.1) is 0 Å². The summed E-state index contributed by atoms with van der Waals surface area (Å²) < 4.78 is 1.97. The highest BCUT2D eigenvalue weighted by atomic mass is 16.2. The predicted molar refractivity (Wildman–Crippen MR) is 93.9 cm³/mol. The number of rotatable bonds is 2. The molecule has 0 bridgehead atoms. The second-order valence-electron chi connectivity index (χ2n) is 6.50.